The van der Waals surface area contributed by atoms with Crippen molar-refractivity contribution in [3.63, 3.8) is 0 Å². The summed E-state index contributed by atoms with van der Waals surface area (Å²) in [5.74, 6) is -0.0196. The number of H-pyrrole nitrogens is 1. The molecule has 0 aromatic carbocycles. The number of rotatable bonds is 2. The number of imidazole rings is 1. The molecule has 20 nitrogen and oxygen atoms in total. The Hall–Kier alpha value is -2.24. The zero-order valence-corrected chi connectivity index (χ0v) is 26.2. The number of aliphatic hydroxyl groups is 1. The lowest BCUT2D eigenvalue weighted by atomic mass is 10.1. The average Bonchev–Trinajstić information content (AvgIpc) is 3.72. The summed E-state index contributed by atoms with van der Waals surface area (Å²) < 4.78 is 31.9. The summed E-state index contributed by atoms with van der Waals surface area (Å²) in [6.45, 7) is -8.65. The van der Waals surface area contributed by atoms with Crippen molar-refractivity contribution >= 4 is 77.4 Å². The molecular formula is C19H23N11O9P2S3. The fourth-order valence-corrected chi connectivity index (χ4v) is 9.70. The molecule has 236 valence electrons. The van der Waals surface area contributed by atoms with Gasteiger partial charge in [0.05, 0.1) is 42.6 Å². The second-order valence-electron chi connectivity index (χ2n) is 9.92. The van der Waals surface area contributed by atoms with Gasteiger partial charge in [-0.3, -0.25) is 14.3 Å². The minimum Gasteiger partial charge on any atom is -0.389 e. The fraction of sp³-hybridized carbons (Fsp3) is 0.526. The van der Waals surface area contributed by atoms with E-state index in [2.05, 4.69) is 35.3 Å². The molecule has 8 N–H and O–H groups in total. The van der Waals surface area contributed by atoms with Gasteiger partial charge < -0.3 is 44.7 Å². The second kappa shape index (κ2) is 11.2. The van der Waals surface area contributed by atoms with Crippen LogP contribution in [0.4, 0.5) is 11.8 Å². The Morgan fingerprint density at radius 1 is 1.09 bits per heavy atom. The maximum absolute atomic E-state index is 12.3. The van der Waals surface area contributed by atoms with Gasteiger partial charge in [-0.05, 0) is 23.6 Å². The van der Waals surface area contributed by atoms with Crippen LogP contribution in [0, 0.1) is 0 Å². The van der Waals surface area contributed by atoms with Crippen LogP contribution in [-0.4, -0.2) is 102 Å². The van der Waals surface area contributed by atoms with E-state index in [0.29, 0.717) is 11.3 Å². The Morgan fingerprint density at radius 2 is 1.86 bits per heavy atom. The highest BCUT2D eigenvalue weighted by Gasteiger charge is 2.50. The summed E-state index contributed by atoms with van der Waals surface area (Å²) in [6, 6.07) is 0. The maximum atomic E-state index is 12.3. The summed E-state index contributed by atoms with van der Waals surface area (Å²) in [5, 5.41) is 21.6. The average molecular weight is 708 g/mol. The Balaban J connectivity index is 1.19. The number of nitrogens with two attached hydrogens (primary N) is 2. The molecule has 3 aliphatic heterocycles. The number of anilines is 2. The monoisotopic (exact) mass is 707 g/mol. The summed E-state index contributed by atoms with van der Waals surface area (Å²) in [7, 11) is 0. The molecular weight excluding hydrogens is 684 g/mol. The molecule has 0 saturated carbocycles. The number of thioether (sulfide) groups is 1. The van der Waals surface area contributed by atoms with Gasteiger partial charge in [0, 0.05) is 6.42 Å². The second-order valence-corrected chi connectivity index (χ2v) is 16.9. The molecule has 7 rings (SSSR count). The summed E-state index contributed by atoms with van der Waals surface area (Å²) in [5.41, 5.74) is 11.7. The van der Waals surface area contributed by atoms with Crippen LogP contribution in [0.2, 0.25) is 0 Å². The Morgan fingerprint density at radius 3 is 2.68 bits per heavy atom. The zero-order valence-electron chi connectivity index (χ0n) is 22.0. The number of nitrogens with one attached hydrogen (secondary N) is 1. The van der Waals surface area contributed by atoms with Gasteiger partial charge in [-0.15, -0.1) is 16.9 Å². The zero-order chi connectivity index (χ0) is 31.0. The molecule has 44 heavy (non-hydrogen) atoms. The van der Waals surface area contributed by atoms with Crippen LogP contribution in [0.25, 0.3) is 16.8 Å². The van der Waals surface area contributed by atoms with E-state index in [4.69, 9.17) is 57.9 Å². The van der Waals surface area contributed by atoms with Crippen molar-refractivity contribution in [2.24, 2.45) is 0 Å². The minimum absolute atomic E-state index is 0.00247. The molecule has 0 amide bonds. The van der Waals surface area contributed by atoms with E-state index in [1.165, 1.54) is 21.7 Å². The van der Waals surface area contributed by atoms with E-state index >= 15 is 0 Å². The maximum Gasteiger partial charge on any atom is 0.325 e. The number of ether oxygens (including phenoxy) is 1. The lowest BCUT2D eigenvalue weighted by Gasteiger charge is -2.27. The van der Waals surface area contributed by atoms with Crippen LogP contribution in [0.15, 0.2) is 17.3 Å². The first-order valence-corrected chi connectivity index (χ1v) is 18.9. The first kappa shape index (κ1) is 30.4. The number of nitrogen functional groups attached to an aromatic ring is 2. The minimum atomic E-state index is -4.09. The van der Waals surface area contributed by atoms with Gasteiger partial charge in [0.2, 0.25) is 5.95 Å². The van der Waals surface area contributed by atoms with Crippen LogP contribution >= 0.6 is 25.2 Å². The van der Waals surface area contributed by atoms with Gasteiger partial charge in [0.25, 0.3) is 5.56 Å². The molecule has 3 fully saturated rings. The lowest BCUT2D eigenvalue weighted by molar-refractivity contribution is -0.0241. The van der Waals surface area contributed by atoms with Crippen molar-refractivity contribution < 1.29 is 37.7 Å². The molecule has 4 aromatic heterocycles. The van der Waals surface area contributed by atoms with Gasteiger partial charge in [-0.2, -0.15) is 10.1 Å². The molecule has 2 bridgehead atoms. The van der Waals surface area contributed by atoms with Crippen molar-refractivity contribution in [3.8, 4) is 0 Å². The van der Waals surface area contributed by atoms with Crippen molar-refractivity contribution in [2.45, 2.75) is 47.6 Å². The van der Waals surface area contributed by atoms with E-state index in [1.54, 1.807) is 0 Å². The van der Waals surface area contributed by atoms with Crippen molar-refractivity contribution in [1.82, 2.24) is 44.5 Å². The fourth-order valence-electron chi connectivity index (χ4n) is 5.15. The van der Waals surface area contributed by atoms with Gasteiger partial charge in [0.1, 0.15) is 30.0 Å². The van der Waals surface area contributed by atoms with Crippen molar-refractivity contribution in [2.75, 3.05) is 24.7 Å². The van der Waals surface area contributed by atoms with E-state index in [9.17, 15) is 19.7 Å². The molecule has 9 atom stereocenters. The van der Waals surface area contributed by atoms with Crippen molar-refractivity contribution in [3.05, 3.63) is 28.6 Å². The van der Waals surface area contributed by atoms with E-state index in [0.717, 1.165) is 11.8 Å². The summed E-state index contributed by atoms with van der Waals surface area (Å²) in [6.07, 6.45) is -2.08. The quantitative estimate of drug-likeness (QED) is 0.134. The van der Waals surface area contributed by atoms with Gasteiger partial charge in [0.15, 0.2) is 22.6 Å². The highest BCUT2D eigenvalue weighted by Crippen LogP contribution is 2.56. The molecule has 3 saturated heterocycles. The van der Waals surface area contributed by atoms with Gasteiger partial charge >= 0.3 is 13.4 Å². The molecule has 0 spiro atoms. The van der Waals surface area contributed by atoms with Crippen LogP contribution < -0.4 is 17.0 Å². The first-order valence-electron chi connectivity index (χ1n) is 12.7. The number of aromatic nitrogens is 9. The molecule has 4 aromatic rings. The predicted molar refractivity (Wildman–Crippen MR) is 159 cm³/mol. The van der Waals surface area contributed by atoms with Crippen LogP contribution in [0.1, 0.15) is 23.6 Å². The highest BCUT2D eigenvalue weighted by molar-refractivity contribution is 8.07. The number of aromatic amines is 1. The highest BCUT2D eigenvalue weighted by atomic mass is 32.5. The third kappa shape index (κ3) is 5.55. The van der Waals surface area contributed by atoms with E-state index in [1.807, 2.05) is 0 Å². The first-order chi connectivity index (χ1) is 20.9. The largest absolute Gasteiger partial charge is 0.389 e. The smallest absolute Gasteiger partial charge is 0.325 e. The Bertz CT molecular complexity index is 1910. The van der Waals surface area contributed by atoms with E-state index < -0.39 is 60.1 Å². The molecule has 0 radical (unpaired) electrons. The third-order valence-corrected chi connectivity index (χ3v) is 11.8. The predicted octanol–water partition coefficient (Wildman–Crippen LogP) is -1.13. The van der Waals surface area contributed by atoms with Gasteiger partial charge in [-0.25, -0.2) is 19.2 Å². The number of hydrogen-bond acceptors (Lipinski definition) is 18. The Kier molecular flexibility index (Phi) is 7.76. The topological polar surface area (TPSA) is 278 Å². The number of fused-ring (bicyclic) bond motifs is 5. The Labute approximate surface area is 259 Å². The molecule has 7 heterocycles. The number of aliphatic hydroxyl groups excluding tert-OH is 1. The van der Waals surface area contributed by atoms with Crippen molar-refractivity contribution in [1.29, 1.82) is 0 Å². The normalized spacial score (nSPS) is 36.6. The summed E-state index contributed by atoms with van der Waals surface area (Å²) >= 11 is 11.7. The third-order valence-electron chi connectivity index (χ3n) is 7.12. The SMILES string of the molecule is Nc1nc2c(nnn2[C@@H]2S[C@@H]3COP(O)(=S)O[C@H]4C[C@H](c5cnc6c(N)ncnn56)O[C@@H]4COP(O)(=S)O[C@@H]2[C@@H]3O)c(=O)[nH]1. The van der Waals surface area contributed by atoms with E-state index in [-0.39, 0.29) is 42.6 Å². The van der Waals surface area contributed by atoms with Crippen LogP contribution in [-0.2, 0) is 46.4 Å². The molecule has 2 unspecified atom stereocenters. The molecule has 3 aliphatic rings. The van der Waals surface area contributed by atoms with Crippen LogP contribution in [0.3, 0.4) is 0 Å². The molecule has 0 aliphatic carbocycles. The lowest BCUT2D eigenvalue weighted by Crippen LogP contribution is -2.35. The van der Waals surface area contributed by atoms with Crippen LogP contribution in [0.5, 0.6) is 0 Å². The molecule has 25 heteroatoms. The number of hydrogen-bond donors (Lipinski definition) is 6. The standard InChI is InChI=1S/C19H23N11O9P2S3/c20-14-16-22-2-6(29(16)24-5-23-14)7-1-8-9(37-7)3-35-41(34,43)39-13-12(31)10(4-36-40(33,42)38-8)44-18(13)30-15-11(27-28-30)17(32)26-19(21)25-15/h2,5,7-10,12-13,18,31H,1,3-4H2,(H,33,42)(H,34,43)(H2,20,23,24)(H3,21,25,26,32)/t7-,8+,9-,10-,12-,13-,18-,40?,41?/m1/s1. The van der Waals surface area contributed by atoms with Gasteiger partial charge in [-0.1, -0.05) is 5.21 Å². The summed E-state index contributed by atoms with van der Waals surface area (Å²) in [4.78, 5) is 49.1. The number of nitrogens with zero attached hydrogens (tertiary/aromatic N) is 8.